The molecule has 2 aromatic heterocycles. The van der Waals surface area contributed by atoms with Crippen LogP contribution in [0.2, 0.25) is 0 Å². The molecule has 7 nitrogen and oxygen atoms in total. The summed E-state index contributed by atoms with van der Waals surface area (Å²) in [5.41, 5.74) is 1.62. The normalized spacial score (nSPS) is 15.5. The Kier molecular flexibility index (Phi) is 8.22. The molecular weight excluding hydrogens is 432 g/mol. The number of hydrogen-bond donors (Lipinski definition) is 1. The van der Waals surface area contributed by atoms with E-state index in [1.54, 1.807) is 17.2 Å². The van der Waals surface area contributed by atoms with Gasteiger partial charge in [-0.1, -0.05) is 43.4 Å². The highest BCUT2D eigenvalue weighted by Gasteiger charge is 2.32. The van der Waals surface area contributed by atoms with Gasteiger partial charge in [0.2, 0.25) is 0 Å². The highest BCUT2D eigenvalue weighted by atomic mass is 32.2. The third kappa shape index (κ3) is 5.34. The lowest BCUT2D eigenvalue weighted by Gasteiger charge is -2.13. The maximum atomic E-state index is 13.3. The highest BCUT2D eigenvalue weighted by Crippen LogP contribution is 2.33. The van der Waals surface area contributed by atoms with E-state index in [0.717, 1.165) is 24.8 Å². The molecule has 1 amide bonds. The molecule has 0 radical (unpaired) electrons. The van der Waals surface area contributed by atoms with Crippen molar-refractivity contribution >= 4 is 51.7 Å². The average molecular weight is 461 g/mol. The molecule has 1 N–H and O–H groups in total. The standard InChI is InChI=1S/C22H28N4O3S2/c1-4-6-11-26-21(28)17(31-22(26)30)14-16-18(23-10-8-13-29-5-2)24-19-15(3)9-7-12-25(19)20(16)27/h7,9,12,14,23H,4-6,8,10-11,13H2,1-3H3/b17-14-. The fourth-order valence-corrected chi connectivity index (χ4v) is 4.53. The van der Waals surface area contributed by atoms with Gasteiger partial charge in [-0.05, 0) is 44.4 Å². The lowest BCUT2D eigenvalue weighted by Crippen LogP contribution is -2.29. The first-order valence-electron chi connectivity index (χ1n) is 10.6. The van der Waals surface area contributed by atoms with E-state index >= 15 is 0 Å². The van der Waals surface area contributed by atoms with Gasteiger partial charge in [-0.25, -0.2) is 4.98 Å². The number of hydrogen-bond acceptors (Lipinski definition) is 7. The Labute approximate surface area is 191 Å². The monoisotopic (exact) mass is 460 g/mol. The molecule has 1 aliphatic rings. The molecular formula is C22H28N4O3S2. The number of pyridine rings is 1. The lowest BCUT2D eigenvalue weighted by atomic mass is 10.2. The van der Waals surface area contributed by atoms with Gasteiger partial charge in [0.05, 0.1) is 10.5 Å². The number of anilines is 1. The van der Waals surface area contributed by atoms with Crippen molar-refractivity contribution in [2.45, 2.75) is 40.0 Å². The Morgan fingerprint density at radius 2 is 2.10 bits per heavy atom. The zero-order valence-corrected chi connectivity index (χ0v) is 19.8. The quantitative estimate of drug-likeness (QED) is 0.328. The first-order chi connectivity index (χ1) is 15.0. The Hall–Kier alpha value is -2.23. The first kappa shape index (κ1) is 23.4. The van der Waals surface area contributed by atoms with Crippen LogP contribution in [0.1, 0.15) is 44.2 Å². The lowest BCUT2D eigenvalue weighted by molar-refractivity contribution is -0.122. The zero-order chi connectivity index (χ0) is 22.4. The van der Waals surface area contributed by atoms with Gasteiger partial charge in [-0.3, -0.25) is 18.9 Å². The molecule has 1 saturated heterocycles. The van der Waals surface area contributed by atoms with Crippen LogP contribution >= 0.6 is 24.0 Å². The van der Waals surface area contributed by atoms with Crippen molar-refractivity contribution < 1.29 is 9.53 Å². The number of unbranched alkanes of at least 4 members (excludes halogenated alkanes) is 1. The Balaban J connectivity index is 1.99. The zero-order valence-electron chi connectivity index (χ0n) is 18.1. The molecule has 0 bridgehead atoms. The number of ether oxygens (including phenoxy) is 1. The molecule has 0 unspecified atom stereocenters. The molecule has 166 valence electrons. The van der Waals surface area contributed by atoms with Crippen LogP contribution < -0.4 is 10.9 Å². The molecule has 0 saturated carbocycles. The summed E-state index contributed by atoms with van der Waals surface area (Å²) in [7, 11) is 0. The number of aromatic nitrogens is 2. The minimum absolute atomic E-state index is 0.153. The van der Waals surface area contributed by atoms with E-state index < -0.39 is 0 Å². The number of fused-ring (bicyclic) bond motifs is 1. The van der Waals surface area contributed by atoms with E-state index in [4.69, 9.17) is 21.9 Å². The molecule has 1 fully saturated rings. The van der Waals surface area contributed by atoms with Crippen molar-refractivity contribution in [3.63, 3.8) is 0 Å². The number of amides is 1. The van der Waals surface area contributed by atoms with Crippen molar-refractivity contribution in [3.05, 3.63) is 44.7 Å². The number of nitrogens with zero attached hydrogens (tertiary/aromatic N) is 3. The van der Waals surface area contributed by atoms with Crippen LogP contribution in [0.4, 0.5) is 5.82 Å². The number of carbonyl (C=O) groups excluding carboxylic acids is 1. The van der Waals surface area contributed by atoms with E-state index in [1.165, 1.54) is 16.2 Å². The van der Waals surface area contributed by atoms with Crippen molar-refractivity contribution in [2.24, 2.45) is 0 Å². The van der Waals surface area contributed by atoms with Gasteiger partial charge in [0.15, 0.2) is 0 Å². The third-order valence-electron chi connectivity index (χ3n) is 4.93. The maximum absolute atomic E-state index is 13.3. The summed E-state index contributed by atoms with van der Waals surface area (Å²) in [4.78, 5) is 33.0. The predicted molar refractivity (Wildman–Crippen MR) is 131 cm³/mol. The summed E-state index contributed by atoms with van der Waals surface area (Å²) in [6, 6.07) is 3.73. The second-order valence-corrected chi connectivity index (χ2v) is 8.90. The van der Waals surface area contributed by atoms with E-state index in [1.807, 2.05) is 26.0 Å². The van der Waals surface area contributed by atoms with Gasteiger partial charge in [0.1, 0.15) is 15.8 Å². The summed E-state index contributed by atoms with van der Waals surface area (Å²) >= 11 is 6.63. The molecule has 1 aliphatic heterocycles. The molecule has 2 aromatic rings. The molecule has 0 aliphatic carbocycles. The van der Waals surface area contributed by atoms with Crippen molar-refractivity contribution in [1.29, 1.82) is 0 Å². The van der Waals surface area contributed by atoms with Crippen LogP contribution in [0.15, 0.2) is 28.0 Å². The summed E-state index contributed by atoms with van der Waals surface area (Å²) < 4.78 is 7.43. The number of aryl methyl sites for hydroxylation is 1. The summed E-state index contributed by atoms with van der Waals surface area (Å²) in [6.45, 7) is 8.43. The van der Waals surface area contributed by atoms with Crippen LogP contribution in [0.25, 0.3) is 11.7 Å². The number of thioether (sulfide) groups is 1. The smallest absolute Gasteiger partial charge is 0.267 e. The number of rotatable bonds is 10. The maximum Gasteiger partial charge on any atom is 0.267 e. The fraction of sp³-hybridized carbons (Fsp3) is 0.455. The Bertz CT molecular complexity index is 1060. The Morgan fingerprint density at radius 1 is 1.29 bits per heavy atom. The van der Waals surface area contributed by atoms with Crippen molar-refractivity contribution in [2.75, 3.05) is 31.6 Å². The minimum Gasteiger partial charge on any atom is -0.382 e. The largest absolute Gasteiger partial charge is 0.382 e. The average Bonchev–Trinajstić information content (AvgIpc) is 3.02. The first-order valence-corrected chi connectivity index (χ1v) is 11.8. The van der Waals surface area contributed by atoms with Crippen LogP contribution in [0, 0.1) is 6.92 Å². The predicted octanol–water partition coefficient (Wildman–Crippen LogP) is 3.84. The Morgan fingerprint density at radius 3 is 2.84 bits per heavy atom. The summed E-state index contributed by atoms with van der Waals surface area (Å²) in [5.74, 6) is 0.314. The topological polar surface area (TPSA) is 75.9 Å². The molecule has 0 aromatic carbocycles. The third-order valence-corrected chi connectivity index (χ3v) is 6.31. The van der Waals surface area contributed by atoms with Crippen LogP contribution in [0.3, 0.4) is 0 Å². The SMILES string of the molecule is CCCCN1C(=O)/C(=C/c2c(NCCCOCC)nc3c(C)cccn3c2=O)SC1=S. The molecule has 31 heavy (non-hydrogen) atoms. The van der Waals surface area contributed by atoms with E-state index in [9.17, 15) is 9.59 Å². The van der Waals surface area contributed by atoms with Gasteiger partial charge in [0, 0.05) is 32.5 Å². The molecule has 0 spiro atoms. The molecule has 9 heteroatoms. The van der Waals surface area contributed by atoms with E-state index in [0.29, 0.717) is 52.6 Å². The minimum atomic E-state index is -0.222. The van der Waals surface area contributed by atoms with Gasteiger partial charge in [-0.15, -0.1) is 0 Å². The van der Waals surface area contributed by atoms with Gasteiger partial charge < -0.3 is 10.1 Å². The second-order valence-electron chi connectivity index (χ2n) is 7.23. The number of nitrogens with one attached hydrogen (secondary N) is 1. The van der Waals surface area contributed by atoms with Crippen molar-refractivity contribution in [1.82, 2.24) is 14.3 Å². The number of thiocarbonyl (C=S) groups is 1. The summed E-state index contributed by atoms with van der Waals surface area (Å²) in [6.07, 6.45) is 5.95. The molecule has 3 rings (SSSR count). The van der Waals surface area contributed by atoms with Gasteiger partial charge >= 0.3 is 0 Å². The van der Waals surface area contributed by atoms with Gasteiger partial charge in [0.25, 0.3) is 11.5 Å². The van der Waals surface area contributed by atoms with Crippen LogP contribution in [-0.4, -0.2) is 50.8 Å². The van der Waals surface area contributed by atoms with Crippen LogP contribution in [0.5, 0.6) is 0 Å². The van der Waals surface area contributed by atoms with Gasteiger partial charge in [-0.2, -0.15) is 0 Å². The summed E-state index contributed by atoms with van der Waals surface area (Å²) in [5, 5.41) is 3.26. The molecule has 0 atom stereocenters. The second kappa shape index (κ2) is 10.9. The number of carbonyl (C=O) groups is 1. The van der Waals surface area contributed by atoms with Crippen molar-refractivity contribution in [3.8, 4) is 0 Å². The fourth-order valence-electron chi connectivity index (χ4n) is 3.24. The van der Waals surface area contributed by atoms with E-state index in [-0.39, 0.29) is 11.5 Å². The molecule has 3 heterocycles. The van der Waals surface area contributed by atoms with Crippen LogP contribution in [-0.2, 0) is 9.53 Å². The van der Waals surface area contributed by atoms with E-state index in [2.05, 4.69) is 12.2 Å². The highest BCUT2D eigenvalue weighted by molar-refractivity contribution is 8.26.